The summed E-state index contributed by atoms with van der Waals surface area (Å²) in [5.74, 6) is -1.22. The molecule has 0 aliphatic rings. The molecule has 0 aliphatic carbocycles. The number of benzene rings is 2. The van der Waals surface area contributed by atoms with Gasteiger partial charge in [-0.25, -0.2) is 0 Å². The van der Waals surface area contributed by atoms with Crippen LogP contribution in [0.4, 0.5) is 26.3 Å². The summed E-state index contributed by atoms with van der Waals surface area (Å²) in [6, 6.07) is 6.17. The van der Waals surface area contributed by atoms with Gasteiger partial charge in [-0.05, 0) is 36.4 Å². The van der Waals surface area contributed by atoms with Crippen LogP contribution in [-0.4, -0.2) is 7.69 Å². The van der Waals surface area contributed by atoms with Crippen LogP contribution in [0.15, 0.2) is 45.3 Å². The fourth-order valence-electron chi connectivity index (χ4n) is 1.78. The van der Waals surface area contributed by atoms with Crippen LogP contribution in [0, 0.1) is 0 Å². The Kier molecular flexibility index (Phi) is 5.98. The smallest absolute Gasteiger partial charge is 0.526 e. The van der Waals surface area contributed by atoms with E-state index in [2.05, 4.69) is 31.9 Å². The molecule has 0 N–H and O–H groups in total. The Bertz CT molecular complexity index is 700. The third-order valence-corrected chi connectivity index (χ3v) is 3.83. The molecule has 0 aliphatic heterocycles. The topological polar surface area (TPSA) is 18.5 Å². The average molecular weight is 491 g/mol. The van der Waals surface area contributed by atoms with Crippen molar-refractivity contribution in [3.63, 3.8) is 0 Å². The van der Waals surface area contributed by atoms with Crippen LogP contribution >= 0.6 is 31.9 Å². The van der Waals surface area contributed by atoms with Crippen molar-refractivity contribution in [3.8, 4) is 11.5 Å². The molecule has 11 heteroatoms. The largest absolute Gasteiger partial charge is 0.658 e. The van der Waals surface area contributed by atoms with Crippen molar-refractivity contribution >= 4 is 39.5 Å². The maximum Gasteiger partial charge on any atom is 0.658 e. The lowest BCUT2D eigenvalue weighted by atomic mass is 10.1. The minimum Gasteiger partial charge on any atom is -0.526 e. The highest BCUT2D eigenvalue weighted by Crippen LogP contribution is 2.39. The molecule has 2 rings (SSSR count). The standard InChI is InChI=1S/C14H6BBr2F6O2/c16-7-1-3-11(9(5-7)13(18,19)20)24-15-25-12-4-2-8(17)6-10(12)14(21,22)23/h1-6H. The highest BCUT2D eigenvalue weighted by Gasteiger charge is 2.36. The maximum absolute atomic E-state index is 12.9. The lowest BCUT2D eigenvalue weighted by Crippen LogP contribution is -2.17. The quantitative estimate of drug-likeness (QED) is 0.373. The molecule has 0 aromatic heterocycles. The van der Waals surface area contributed by atoms with Gasteiger partial charge in [-0.3, -0.25) is 0 Å². The van der Waals surface area contributed by atoms with Crippen LogP contribution in [0.1, 0.15) is 11.1 Å². The van der Waals surface area contributed by atoms with Gasteiger partial charge in [0.05, 0.1) is 11.1 Å². The van der Waals surface area contributed by atoms with Gasteiger partial charge in [0.1, 0.15) is 11.5 Å². The molecule has 2 aromatic carbocycles. The van der Waals surface area contributed by atoms with Crippen molar-refractivity contribution in [1.82, 2.24) is 0 Å². The van der Waals surface area contributed by atoms with Crippen LogP contribution in [0.25, 0.3) is 0 Å². The molecule has 2 nitrogen and oxygen atoms in total. The molecule has 0 fully saturated rings. The van der Waals surface area contributed by atoms with Crippen LogP contribution in [-0.2, 0) is 12.4 Å². The van der Waals surface area contributed by atoms with Crippen LogP contribution < -0.4 is 9.31 Å². The zero-order chi connectivity index (χ0) is 18.8. The molecular weight excluding hydrogens is 485 g/mol. The van der Waals surface area contributed by atoms with Gasteiger partial charge in [0.2, 0.25) is 0 Å². The van der Waals surface area contributed by atoms with Crippen LogP contribution in [0.3, 0.4) is 0 Å². The summed E-state index contributed by atoms with van der Waals surface area (Å²) in [6.07, 6.45) is -9.41. The predicted molar refractivity (Wildman–Crippen MR) is 85.3 cm³/mol. The summed E-state index contributed by atoms with van der Waals surface area (Å²) >= 11 is 5.81. The Morgan fingerprint density at radius 1 is 0.680 bits per heavy atom. The first-order valence-corrected chi connectivity index (χ1v) is 7.95. The Labute approximate surface area is 155 Å². The van der Waals surface area contributed by atoms with Gasteiger partial charge in [0.25, 0.3) is 0 Å². The Hall–Kier alpha value is -1.36. The summed E-state index contributed by atoms with van der Waals surface area (Å²) in [7, 11) is 0.414. The van der Waals surface area contributed by atoms with E-state index in [0.29, 0.717) is 7.69 Å². The first kappa shape index (κ1) is 20.0. The van der Waals surface area contributed by atoms with Crippen LogP contribution in [0.5, 0.6) is 11.5 Å². The Balaban J connectivity index is 2.18. The molecule has 0 amide bonds. The molecule has 1 radical (unpaired) electrons. The molecule has 0 spiro atoms. The van der Waals surface area contributed by atoms with Crippen molar-refractivity contribution < 1.29 is 35.7 Å². The van der Waals surface area contributed by atoms with Gasteiger partial charge in [0, 0.05) is 8.95 Å². The van der Waals surface area contributed by atoms with Crippen LogP contribution in [0.2, 0.25) is 0 Å². The highest BCUT2D eigenvalue weighted by molar-refractivity contribution is 9.10. The van der Waals surface area contributed by atoms with E-state index in [-0.39, 0.29) is 8.95 Å². The van der Waals surface area contributed by atoms with Gasteiger partial charge < -0.3 is 9.31 Å². The summed E-state index contributed by atoms with van der Waals surface area (Å²) < 4.78 is 87.4. The molecule has 0 unspecified atom stereocenters. The molecule has 0 atom stereocenters. The van der Waals surface area contributed by atoms with Gasteiger partial charge in [-0.15, -0.1) is 0 Å². The third kappa shape index (κ3) is 5.31. The molecule has 25 heavy (non-hydrogen) atoms. The van der Waals surface area contributed by atoms with Crippen molar-refractivity contribution in [3.05, 3.63) is 56.5 Å². The van der Waals surface area contributed by atoms with Gasteiger partial charge >= 0.3 is 20.0 Å². The number of halogens is 8. The lowest BCUT2D eigenvalue weighted by Gasteiger charge is -2.16. The normalized spacial score (nSPS) is 12.0. The molecule has 0 saturated carbocycles. The second-order valence-corrected chi connectivity index (χ2v) is 6.44. The monoisotopic (exact) mass is 489 g/mol. The fourth-order valence-corrected chi connectivity index (χ4v) is 2.50. The lowest BCUT2D eigenvalue weighted by molar-refractivity contribution is -0.139. The van der Waals surface area contributed by atoms with E-state index in [0.717, 1.165) is 24.3 Å². The van der Waals surface area contributed by atoms with Crippen molar-refractivity contribution in [2.24, 2.45) is 0 Å². The highest BCUT2D eigenvalue weighted by atomic mass is 79.9. The zero-order valence-corrected chi connectivity index (χ0v) is 15.1. The molecule has 133 valence electrons. The first-order valence-electron chi connectivity index (χ1n) is 6.37. The van der Waals surface area contributed by atoms with E-state index >= 15 is 0 Å². The van der Waals surface area contributed by atoms with Gasteiger partial charge in [-0.2, -0.15) is 26.3 Å². The Morgan fingerprint density at radius 2 is 1.04 bits per heavy atom. The van der Waals surface area contributed by atoms with E-state index in [1.54, 1.807) is 0 Å². The van der Waals surface area contributed by atoms with Crippen molar-refractivity contribution in [1.29, 1.82) is 0 Å². The SMILES string of the molecule is FC(F)(F)c1cc(Br)ccc1O[B]Oc1ccc(Br)cc1C(F)(F)F. The predicted octanol–water partition coefficient (Wildman–Crippen LogP) is 6.24. The summed E-state index contributed by atoms with van der Waals surface area (Å²) in [6.45, 7) is 0. The number of hydrogen-bond acceptors (Lipinski definition) is 2. The molecule has 0 bridgehead atoms. The van der Waals surface area contributed by atoms with E-state index < -0.39 is 35.0 Å². The second kappa shape index (κ2) is 7.49. The maximum atomic E-state index is 12.9. The first-order chi connectivity index (χ1) is 11.5. The number of hydrogen-bond donors (Lipinski definition) is 0. The summed E-state index contributed by atoms with van der Waals surface area (Å²) in [5, 5.41) is 0. The molecule has 0 heterocycles. The third-order valence-electron chi connectivity index (χ3n) is 2.84. The summed E-state index contributed by atoms with van der Waals surface area (Å²) in [4.78, 5) is 0. The second-order valence-electron chi connectivity index (χ2n) is 4.61. The molecule has 0 saturated heterocycles. The number of alkyl halides is 6. The summed E-state index contributed by atoms with van der Waals surface area (Å²) in [5.41, 5.74) is -2.21. The van der Waals surface area contributed by atoms with E-state index in [1.165, 1.54) is 12.1 Å². The van der Waals surface area contributed by atoms with Gasteiger partial charge in [0.15, 0.2) is 0 Å². The minimum absolute atomic E-state index is 0.167. The Morgan fingerprint density at radius 3 is 1.36 bits per heavy atom. The van der Waals surface area contributed by atoms with E-state index in [4.69, 9.17) is 9.31 Å². The molecular formula is C14H6BBr2F6O2. The van der Waals surface area contributed by atoms with Crippen molar-refractivity contribution in [2.45, 2.75) is 12.4 Å². The zero-order valence-electron chi connectivity index (χ0n) is 11.9. The fraction of sp³-hybridized carbons (Fsp3) is 0.143. The molecule has 2 aromatic rings. The van der Waals surface area contributed by atoms with E-state index in [9.17, 15) is 26.3 Å². The van der Waals surface area contributed by atoms with Crippen molar-refractivity contribution in [2.75, 3.05) is 0 Å². The number of rotatable bonds is 4. The van der Waals surface area contributed by atoms with Gasteiger partial charge in [-0.1, -0.05) is 31.9 Å². The minimum atomic E-state index is -4.71. The average Bonchev–Trinajstić information content (AvgIpc) is 2.48. The van der Waals surface area contributed by atoms with E-state index in [1.807, 2.05) is 0 Å².